The maximum absolute atomic E-state index is 13.7. The van der Waals surface area contributed by atoms with Crippen molar-refractivity contribution in [1.29, 1.82) is 0 Å². The maximum atomic E-state index is 13.7. The van der Waals surface area contributed by atoms with Gasteiger partial charge in [0.2, 0.25) is 0 Å². The quantitative estimate of drug-likeness (QED) is 0.643. The Morgan fingerprint density at radius 2 is 1.65 bits per heavy atom. The third-order valence-electron chi connectivity index (χ3n) is 4.14. The molecule has 0 unspecified atom stereocenters. The lowest BCUT2D eigenvalue weighted by atomic mass is 10.1. The van der Waals surface area contributed by atoms with Gasteiger partial charge in [0.05, 0.1) is 4.92 Å². The summed E-state index contributed by atoms with van der Waals surface area (Å²) in [5, 5.41) is 11.1. The molecule has 2 aromatic carbocycles. The molecule has 120 valence electrons. The summed E-state index contributed by atoms with van der Waals surface area (Å²) >= 11 is 0. The van der Waals surface area contributed by atoms with Crippen LogP contribution in [-0.2, 0) is 6.54 Å². The minimum absolute atomic E-state index is 0.134. The number of para-hydroxylation sites is 2. The average molecular weight is 315 g/mol. The number of piperazine rings is 1. The summed E-state index contributed by atoms with van der Waals surface area (Å²) in [6.45, 7) is 3.46. The van der Waals surface area contributed by atoms with E-state index in [9.17, 15) is 14.5 Å². The Labute approximate surface area is 134 Å². The van der Waals surface area contributed by atoms with Crippen molar-refractivity contribution in [3.05, 3.63) is 70.0 Å². The summed E-state index contributed by atoms with van der Waals surface area (Å²) in [6, 6.07) is 13.6. The number of nitrogens with zero attached hydrogens (tertiary/aromatic N) is 3. The molecule has 1 heterocycles. The fourth-order valence-corrected chi connectivity index (χ4v) is 2.90. The normalized spacial score (nSPS) is 15.6. The predicted molar refractivity (Wildman–Crippen MR) is 87.0 cm³/mol. The molecule has 0 radical (unpaired) electrons. The van der Waals surface area contributed by atoms with E-state index in [4.69, 9.17) is 0 Å². The molecule has 1 saturated heterocycles. The lowest BCUT2D eigenvalue weighted by Crippen LogP contribution is -2.46. The van der Waals surface area contributed by atoms with Crippen molar-refractivity contribution in [2.45, 2.75) is 6.54 Å². The SMILES string of the molecule is O=[N+]([O-])c1ccccc1N1CCN(Cc2ccccc2F)CC1. The Hall–Kier alpha value is -2.47. The van der Waals surface area contributed by atoms with E-state index < -0.39 is 0 Å². The highest BCUT2D eigenvalue weighted by molar-refractivity contribution is 5.63. The molecule has 0 amide bonds. The number of anilines is 1. The fourth-order valence-electron chi connectivity index (χ4n) is 2.90. The summed E-state index contributed by atoms with van der Waals surface area (Å²) in [5.74, 6) is -0.186. The van der Waals surface area contributed by atoms with E-state index >= 15 is 0 Å². The second-order valence-electron chi connectivity index (χ2n) is 5.60. The van der Waals surface area contributed by atoms with Gasteiger partial charge in [-0.15, -0.1) is 0 Å². The Morgan fingerprint density at radius 3 is 2.35 bits per heavy atom. The third-order valence-corrected chi connectivity index (χ3v) is 4.14. The van der Waals surface area contributed by atoms with E-state index in [0.717, 1.165) is 13.1 Å². The van der Waals surface area contributed by atoms with Gasteiger partial charge in [0.1, 0.15) is 11.5 Å². The zero-order valence-electron chi connectivity index (χ0n) is 12.7. The van der Waals surface area contributed by atoms with Gasteiger partial charge in [0, 0.05) is 44.4 Å². The summed E-state index contributed by atoms with van der Waals surface area (Å²) in [7, 11) is 0. The van der Waals surface area contributed by atoms with Gasteiger partial charge in [0.25, 0.3) is 5.69 Å². The van der Waals surface area contributed by atoms with Crippen LogP contribution in [-0.4, -0.2) is 36.0 Å². The smallest absolute Gasteiger partial charge is 0.292 e. The van der Waals surface area contributed by atoms with Crippen molar-refractivity contribution < 1.29 is 9.31 Å². The Bertz CT molecular complexity index is 700. The molecular formula is C17H18FN3O2. The van der Waals surface area contributed by atoms with Gasteiger partial charge in [-0.2, -0.15) is 0 Å². The molecule has 3 rings (SSSR count). The molecule has 0 aliphatic carbocycles. The number of hydrogen-bond acceptors (Lipinski definition) is 4. The lowest BCUT2D eigenvalue weighted by molar-refractivity contribution is -0.384. The topological polar surface area (TPSA) is 49.6 Å². The number of halogens is 1. The van der Waals surface area contributed by atoms with Crippen LogP contribution >= 0.6 is 0 Å². The first-order valence-electron chi connectivity index (χ1n) is 7.59. The number of rotatable bonds is 4. The molecule has 23 heavy (non-hydrogen) atoms. The molecule has 0 spiro atoms. The van der Waals surface area contributed by atoms with E-state index in [1.807, 2.05) is 17.0 Å². The molecule has 0 aromatic heterocycles. The molecule has 2 aromatic rings. The summed E-state index contributed by atoms with van der Waals surface area (Å²) in [6.07, 6.45) is 0. The largest absolute Gasteiger partial charge is 0.363 e. The van der Waals surface area contributed by atoms with Crippen LogP contribution in [0.2, 0.25) is 0 Å². The first kappa shape index (κ1) is 15.4. The fraction of sp³-hybridized carbons (Fsp3) is 0.294. The predicted octanol–water partition coefficient (Wildman–Crippen LogP) is 3.06. The molecule has 0 atom stereocenters. The molecule has 1 aliphatic heterocycles. The Morgan fingerprint density at radius 1 is 1.00 bits per heavy atom. The van der Waals surface area contributed by atoms with E-state index in [-0.39, 0.29) is 16.4 Å². The van der Waals surface area contributed by atoms with Gasteiger partial charge in [-0.25, -0.2) is 4.39 Å². The zero-order chi connectivity index (χ0) is 16.2. The summed E-state index contributed by atoms with van der Waals surface area (Å²) in [4.78, 5) is 15.0. The van der Waals surface area contributed by atoms with Gasteiger partial charge in [-0.3, -0.25) is 15.0 Å². The number of nitro benzene ring substituents is 1. The highest BCUT2D eigenvalue weighted by Gasteiger charge is 2.23. The second-order valence-corrected chi connectivity index (χ2v) is 5.60. The first-order valence-corrected chi connectivity index (χ1v) is 7.59. The van der Waals surface area contributed by atoms with Gasteiger partial charge in [0.15, 0.2) is 0 Å². The van der Waals surface area contributed by atoms with Crippen molar-refractivity contribution in [2.75, 3.05) is 31.1 Å². The van der Waals surface area contributed by atoms with Crippen LogP contribution in [0, 0.1) is 15.9 Å². The minimum Gasteiger partial charge on any atom is -0.363 e. The van der Waals surface area contributed by atoms with Crippen LogP contribution in [0.5, 0.6) is 0 Å². The van der Waals surface area contributed by atoms with E-state index in [2.05, 4.69) is 4.90 Å². The Balaban J connectivity index is 1.65. The molecule has 6 heteroatoms. The molecule has 0 saturated carbocycles. The molecule has 1 fully saturated rings. The number of benzene rings is 2. The van der Waals surface area contributed by atoms with E-state index in [0.29, 0.717) is 30.9 Å². The van der Waals surface area contributed by atoms with Crippen LogP contribution in [0.3, 0.4) is 0 Å². The molecule has 1 aliphatic rings. The van der Waals surface area contributed by atoms with Crippen molar-refractivity contribution in [3.8, 4) is 0 Å². The van der Waals surface area contributed by atoms with Gasteiger partial charge in [-0.1, -0.05) is 30.3 Å². The summed E-state index contributed by atoms with van der Waals surface area (Å²) < 4.78 is 13.7. The van der Waals surface area contributed by atoms with Gasteiger partial charge < -0.3 is 4.90 Å². The Kier molecular flexibility index (Phi) is 4.52. The second kappa shape index (κ2) is 6.75. The summed E-state index contributed by atoms with van der Waals surface area (Å²) in [5.41, 5.74) is 1.48. The van der Waals surface area contributed by atoms with Gasteiger partial charge in [-0.05, 0) is 12.1 Å². The molecule has 0 bridgehead atoms. The van der Waals surface area contributed by atoms with Crippen LogP contribution in [0.1, 0.15) is 5.56 Å². The van der Waals surface area contributed by atoms with Gasteiger partial charge >= 0.3 is 0 Å². The highest BCUT2D eigenvalue weighted by Crippen LogP contribution is 2.28. The third kappa shape index (κ3) is 3.48. The minimum atomic E-state index is -0.346. The molecule has 5 nitrogen and oxygen atoms in total. The standard InChI is InChI=1S/C17H18FN3O2/c18-15-6-2-1-5-14(15)13-19-9-11-20(12-10-19)16-7-3-4-8-17(16)21(22)23/h1-8H,9-13H2. The van der Waals surface area contributed by atoms with Crippen molar-refractivity contribution in [1.82, 2.24) is 4.90 Å². The maximum Gasteiger partial charge on any atom is 0.292 e. The average Bonchev–Trinajstić information content (AvgIpc) is 2.58. The van der Waals surface area contributed by atoms with Crippen LogP contribution in [0.4, 0.5) is 15.8 Å². The van der Waals surface area contributed by atoms with Crippen LogP contribution in [0.25, 0.3) is 0 Å². The zero-order valence-corrected chi connectivity index (χ0v) is 12.7. The lowest BCUT2D eigenvalue weighted by Gasteiger charge is -2.35. The van der Waals surface area contributed by atoms with E-state index in [1.54, 1.807) is 24.3 Å². The molecule has 0 N–H and O–H groups in total. The monoisotopic (exact) mass is 315 g/mol. The molecular weight excluding hydrogens is 297 g/mol. The van der Waals surface area contributed by atoms with Crippen molar-refractivity contribution >= 4 is 11.4 Å². The number of hydrogen-bond donors (Lipinski definition) is 0. The highest BCUT2D eigenvalue weighted by atomic mass is 19.1. The first-order chi connectivity index (χ1) is 11.1. The van der Waals surface area contributed by atoms with Crippen LogP contribution < -0.4 is 4.90 Å². The number of nitro groups is 1. The van der Waals surface area contributed by atoms with Crippen molar-refractivity contribution in [3.63, 3.8) is 0 Å². The van der Waals surface area contributed by atoms with Crippen LogP contribution in [0.15, 0.2) is 48.5 Å². The van der Waals surface area contributed by atoms with Crippen molar-refractivity contribution in [2.24, 2.45) is 0 Å². The van der Waals surface area contributed by atoms with E-state index in [1.165, 1.54) is 12.1 Å².